The zero-order valence-electron chi connectivity index (χ0n) is 5.76. The standard InChI is InChI=1S/C5H8N4O2/c6-2-1-3-8-4(10)5(11)9-7/h1,3,7H2,(H,8,10)(H,9,11). The number of carbonyl (C=O) groups excluding carboxylic acids is 2. The molecule has 0 spiro atoms. The third-order valence-corrected chi connectivity index (χ3v) is 0.860. The number of nitriles is 1. The molecule has 6 heteroatoms. The van der Waals surface area contributed by atoms with Gasteiger partial charge < -0.3 is 5.32 Å². The predicted molar refractivity (Wildman–Crippen MR) is 35.6 cm³/mol. The monoisotopic (exact) mass is 156 g/mol. The van der Waals surface area contributed by atoms with Crippen LogP contribution in [0.25, 0.3) is 0 Å². The van der Waals surface area contributed by atoms with Gasteiger partial charge in [-0.3, -0.25) is 15.0 Å². The summed E-state index contributed by atoms with van der Waals surface area (Å²) in [6.45, 7) is 0.156. The molecule has 0 unspecified atom stereocenters. The Morgan fingerprint density at radius 1 is 1.45 bits per heavy atom. The number of rotatable bonds is 2. The summed E-state index contributed by atoms with van der Waals surface area (Å²) in [4.78, 5) is 20.9. The Bertz CT molecular complexity index is 195. The molecule has 0 saturated carbocycles. The van der Waals surface area contributed by atoms with Crippen LogP contribution in [0.4, 0.5) is 0 Å². The number of nitrogens with one attached hydrogen (secondary N) is 2. The van der Waals surface area contributed by atoms with E-state index in [9.17, 15) is 9.59 Å². The van der Waals surface area contributed by atoms with Crippen LogP contribution in [0.1, 0.15) is 6.42 Å². The number of carbonyl (C=O) groups is 2. The van der Waals surface area contributed by atoms with Crippen LogP contribution in [0.5, 0.6) is 0 Å². The van der Waals surface area contributed by atoms with Crippen LogP contribution < -0.4 is 16.6 Å². The molecule has 0 saturated heterocycles. The first-order valence-corrected chi connectivity index (χ1v) is 2.88. The number of nitrogens with two attached hydrogens (primary N) is 1. The minimum Gasteiger partial charge on any atom is -0.347 e. The maximum atomic E-state index is 10.5. The van der Waals surface area contributed by atoms with Gasteiger partial charge in [0.2, 0.25) is 0 Å². The number of nitrogens with zero attached hydrogens (tertiary/aromatic N) is 1. The smallest absolute Gasteiger partial charge is 0.323 e. The van der Waals surface area contributed by atoms with Crippen molar-refractivity contribution in [2.75, 3.05) is 6.54 Å². The van der Waals surface area contributed by atoms with Gasteiger partial charge in [-0.15, -0.1) is 0 Å². The van der Waals surface area contributed by atoms with E-state index in [2.05, 4.69) is 11.2 Å². The maximum Gasteiger partial charge on any atom is 0.323 e. The van der Waals surface area contributed by atoms with Gasteiger partial charge in [0.1, 0.15) is 0 Å². The van der Waals surface area contributed by atoms with E-state index in [1.807, 2.05) is 0 Å². The van der Waals surface area contributed by atoms with E-state index in [1.54, 1.807) is 11.5 Å². The third kappa shape index (κ3) is 3.89. The van der Waals surface area contributed by atoms with Gasteiger partial charge >= 0.3 is 11.8 Å². The normalized spacial score (nSPS) is 8.00. The highest BCUT2D eigenvalue weighted by molar-refractivity contribution is 6.34. The van der Waals surface area contributed by atoms with Gasteiger partial charge in [-0.05, 0) is 0 Å². The lowest BCUT2D eigenvalue weighted by Gasteiger charge is -1.98. The van der Waals surface area contributed by atoms with Crippen LogP contribution in [-0.2, 0) is 9.59 Å². The molecule has 11 heavy (non-hydrogen) atoms. The van der Waals surface area contributed by atoms with Gasteiger partial charge in [0.05, 0.1) is 12.5 Å². The van der Waals surface area contributed by atoms with E-state index < -0.39 is 11.8 Å². The first kappa shape index (κ1) is 9.39. The van der Waals surface area contributed by atoms with E-state index in [1.165, 1.54) is 0 Å². The molecule has 4 N–H and O–H groups in total. The maximum absolute atomic E-state index is 10.5. The van der Waals surface area contributed by atoms with Crippen LogP contribution in [0.15, 0.2) is 0 Å². The van der Waals surface area contributed by atoms with Crippen molar-refractivity contribution in [3.8, 4) is 6.07 Å². The summed E-state index contributed by atoms with van der Waals surface area (Å²) in [5.74, 6) is 2.91. The highest BCUT2D eigenvalue weighted by Gasteiger charge is 2.09. The molecule has 6 nitrogen and oxygen atoms in total. The Labute approximate surface area is 63.3 Å². The van der Waals surface area contributed by atoms with Crippen molar-refractivity contribution in [1.82, 2.24) is 10.7 Å². The lowest BCUT2D eigenvalue weighted by atomic mass is 10.4. The van der Waals surface area contributed by atoms with E-state index in [-0.39, 0.29) is 13.0 Å². The highest BCUT2D eigenvalue weighted by Crippen LogP contribution is 1.71. The third-order valence-electron chi connectivity index (χ3n) is 0.860. The summed E-state index contributed by atoms with van der Waals surface area (Å²) in [5, 5.41) is 10.2. The van der Waals surface area contributed by atoms with E-state index >= 15 is 0 Å². The van der Waals surface area contributed by atoms with Gasteiger partial charge in [0, 0.05) is 6.54 Å². The Hall–Kier alpha value is -1.61. The second-order valence-electron chi connectivity index (χ2n) is 1.64. The summed E-state index contributed by atoms with van der Waals surface area (Å²) < 4.78 is 0. The molecule has 0 atom stereocenters. The molecule has 2 amide bonds. The molecule has 0 radical (unpaired) electrons. The zero-order valence-corrected chi connectivity index (χ0v) is 5.76. The van der Waals surface area contributed by atoms with Crippen LogP contribution >= 0.6 is 0 Å². The van der Waals surface area contributed by atoms with Crippen LogP contribution in [-0.4, -0.2) is 18.4 Å². The number of hydrogen-bond donors (Lipinski definition) is 3. The predicted octanol–water partition coefficient (Wildman–Crippen LogP) is -1.99. The van der Waals surface area contributed by atoms with Crippen molar-refractivity contribution < 1.29 is 9.59 Å². The Balaban J connectivity index is 3.54. The lowest BCUT2D eigenvalue weighted by Crippen LogP contribution is -2.43. The van der Waals surface area contributed by atoms with Gasteiger partial charge in [0.25, 0.3) is 0 Å². The quantitative estimate of drug-likeness (QED) is 0.141. The lowest BCUT2D eigenvalue weighted by molar-refractivity contribution is -0.139. The topological polar surface area (TPSA) is 108 Å². The summed E-state index contributed by atoms with van der Waals surface area (Å²) in [5.41, 5.74) is 1.66. The van der Waals surface area contributed by atoms with Crippen LogP contribution in [0.2, 0.25) is 0 Å². The van der Waals surface area contributed by atoms with Crippen molar-refractivity contribution in [3.05, 3.63) is 0 Å². The van der Waals surface area contributed by atoms with Crippen molar-refractivity contribution in [3.63, 3.8) is 0 Å². The minimum absolute atomic E-state index is 0.156. The molecule has 0 aliphatic heterocycles. The zero-order chi connectivity index (χ0) is 8.69. The van der Waals surface area contributed by atoms with Crippen molar-refractivity contribution in [2.45, 2.75) is 6.42 Å². The summed E-state index contributed by atoms with van der Waals surface area (Å²) in [7, 11) is 0. The Morgan fingerprint density at radius 3 is 2.55 bits per heavy atom. The summed E-state index contributed by atoms with van der Waals surface area (Å²) in [6.07, 6.45) is 0.170. The Kier molecular flexibility index (Phi) is 4.44. The molecule has 0 heterocycles. The largest absolute Gasteiger partial charge is 0.347 e. The molecular weight excluding hydrogens is 148 g/mol. The van der Waals surface area contributed by atoms with E-state index in [0.29, 0.717) is 0 Å². The van der Waals surface area contributed by atoms with Gasteiger partial charge in [0.15, 0.2) is 0 Å². The molecule has 60 valence electrons. The molecule has 0 aromatic rings. The molecule has 0 aromatic carbocycles. The average molecular weight is 156 g/mol. The number of amides is 2. The first-order chi connectivity index (χ1) is 5.22. The van der Waals surface area contributed by atoms with Gasteiger partial charge in [-0.2, -0.15) is 5.26 Å². The molecule has 0 aliphatic rings. The minimum atomic E-state index is -0.914. The molecule has 0 bridgehead atoms. The molecule has 0 rings (SSSR count). The van der Waals surface area contributed by atoms with Crippen molar-refractivity contribution in [2.24, 2.45) is 5.84 Å². The van der Waals surface area contributed by atoms with Gasteiger partial charge in [-0.1, -0.05) is 0 Å². The second kappa shape index (κ2) is 5.20. The molecule has 0 fully saturated rings. The number of hydrazine groups is 1. The van der Waals surface area contributed by atoms with Crippen molar-refractivity contribution in [1.29, 1.82) is 5.26 Å². The molecular formula is C5H8N4O2. The molecule has 0 aromatic heterocycles. The fourth-order valence-corrected chi connectivity index (χ4v) is 0.378. The molecule has 0 aliphatic carbocycles. The van der Waals surface area contributed by atoms with E-state index in [4.69, 9.17) is 5.26 Å². The average Bonchev–Trinajstić information content (AvgIpc) is 2.03. The highest BCUT2D eigenvalue weighted by atomic mass is 16.2. The fraction of sp³-hybridized carbons (Fsp3) is 0.400. The fourth-order valence-electron chi connectivity index (χ4n) is 0.378. The van der Waals surface area contributed by atoms with Gasteiger partial charge in [-0.25, -0.2) is 5.84 Å². The number of hydrogen-bond acceptors (Lipinski definition) is 4. The first-order valence-electron chi connectivity index (χ1n) is 2.88. The van der Waals surface area contributed by atoms with Crippen molar-refractivity contribution >= 4 is 11.8 Å². The van der Waals surface area contributed by atoms with Crippen LogP contribution in [0.3, 0.4) is 0 Å². The summed E-state index contributed by atoms with van der Waals surface area (Å²) >= 11 is 0. The SMILES string of the molecule is N#CCCNC(=O)C(=O)NN. The Morgan fingerprint density at radius 2 is 2.09 bits per heavy atom. The van der Waals surface area contributed by atoms with Crippen LogP contribution in [0, 0.1) is 11.3 Å². The summed E-state index contributed by atoms with van der Waals surface area (Å²) in [6, 6.07) is 1.80. The van der Waals surface area contributed by atoms with E-state index in [0.717, 1.165) is 0 Å². The second-order valence-corrected chi connectivity index (χ2v) is 1.64.